The molecular weight excluding hydrogens is 489 g/mol. The van der Waals surface area contributed by atoms with Crippen LogP contribution in [0.15, 0.2) is 99.6 Å². The van der Waals surface area contributed by atoms with Gasteiger partial charge in [0, 0.05) is 14.7 Å². The van der Waals surface area contributed by atoms with Crippen LogP contribution < -0.4 is 4.43 Å². The summed E-state index contributed by atoms with van der Waals surface area (Å²) in [6.07, 6.45) is -4.94. The summed E-state index contributed by atoms with van der Waals surface area (Å²) >= 11 is 0. The third kappa shape index (κ3) is 6.63. The Kier molecular flexibility index (Phi) is 7.32. The molecule has 33 heavy (non-hydrogen) atoms. The molecule has 10 heteroatoms. The Morgan fingerprint density at radius 2 is 1.15 bits per heavy atom. The number of benzene rings is 3. The Balaban J connectivity index is 2.24. The molecule has 0 aliphatic carbocycles. The molecule has 0 aliphatic rings. The van der Waals surface area contributed by atoms with Gasteiger partial charge in [0.1, 0.15) is 5.75 Å². The lowest BCUT2D eigenvalue weighted by atomic mass is 10.3. The van der Waals surface area contributed by atoms with Crippen LogP contribution in [0, 0.1) is 0 Å². The molecule has 3 rings (SSSR count). The van der Waals surface area contributed by atoms with Crippen molar-refractivity contribution in [3.05, 3.63) is 84.9 Å². The molecule has 178 valence electrons. The molecule has 0 heterocycles. The van der Waals surface area contributed by atoms with Crippen LogP contribution >= 0.6 is 10.3 Å². The number of hydrogen-bond acceptors (Lipinski definition) is 4. The van der Waals surface area contributed by atoms with Gasteiger partial charge < -0.3 is 4.43 Å². The van der Waals surface area contributed by atoms with Crippen LogP contribution in [0.25, 0.3) is 0 Å². The fourth-order valence-corrected chi connectivity index (χ4v) is 9.22. The van der Waals surface area contributed by atoms with Crippen LogP contribution in [0.1, 0.15) is 0 Å². The van der Waals surface area contributed by atoms with Crippen molar-refractivity contribution in [2.45, 2.75) is 40.5 Å². The Morgan fingerprint density at radius 3 is 1.55 bits per heavy atom. The summed E-state index contributed by atoms with van der Waals surface area (Å²) in [5, 5.41) is 0. The van der Waals surface area contributed by atoms with Gasteiger partial charge in [-0.2, -0.15) is 21.6 Å². The molecule has 0 saturated carbocycles. The van der Waals surface area contributed by atoms with E-state index >= 15 is 0 Å². The van der Waals surface area contributed by atoms with E-state index in [1.165, 1.54) is 0 Å². The normalized spacial score (nSPS) is 13.5. The zero-order valence-electron chi connectivity index (χ0n) is 18.4. The lowest BCUT2D eigenvalue weighted by molar-refractivity contribution is -0.107. The molecular formula is C23H25F3O4S2Si. The van der Waals surface area contributed by atoms with Crippen LogP contribution in [0.4, 0.5) is 13.2 Å². The molecule has 0 spiro atoms. The zero-order chi connectivity index (χ0) is 24.3. The van der Waals surface area contributed by atoms with Gasteiger partial charge in [-0.3, -0.25) is 0 Å². The fourth-order valence-electron chi connectivity index (χ4n) is 3.18. The highest BCUT2D eigenvalue weighted by atomic mass is 32.3. The summed E-state index contributed by atoms with van der Waals surface area (Å²) in [7, 11) is -9.95. The van der Waals surface area contributed by atoms with Crippen LogP contribution in [0.2, 0.25) is 19.6 Å². The molecule has 0 saturated heterocycles. The highest BCUT2D eigenvalue weighted by Gasteiger charge is 2.43. The maximum absolute atomic E-state index is 13.1. The average Bonchev–Trinajstić information content (AvgIpc) is 2.71. The van der Waals surface area contributed by atoms with E-state index in [2.05, 4.69) is 0 Å². The molecule has 3 aromatic rings. The van der Waals surface area contributed by atoms with E-state index in [0.717, 1.165) is 0 Å². The van der Waals surface area contributed by atoms with Crippen molar-refractivity contribution in [2.75, 3.05) is 5.75 Å². The largest absolute Gasteiger partial charge is 0.544 e. The molecule has 4 nitrogen and oxygen atoms in total. The van der Waals surface area contributed by atoms with Gasteiger partial charge in [0.25, 0.3) is 10.1 Å². The average molecular weight is 515 g/mol. The molecule has 0 N–H and O–H groups in total. The minimum atomic E-state index is -4.99. The van der Waals surface area contributed by atoms with Crippen molar-refractivity contribution in [3.8, 4) is 5.75 Å². The topological polar surface area (TPSA) is 52.6 Å². The molecule has 0 amide bonds. The summed E-state index contributed by atoms with van der Waals surface area (Å²) in [6, 6.07) is 23.6. The molecule has 0 atom stereocenters. The van der Waals surface area contributed by atoms with Crippen molar-refractivity contribution >= 4 is 28.7 Å². The molecule has 0 fully saturated rings. The smallest absolute Gasteiger partial charge is 0.405 e. The van der Waals surface area contributed by atoms with Crippen molar-refractivity contribution in [2.24, 2.45) is 0 Å². The summed E-state index contributed by atoms with van der Waals surface area (Å²) in [5.74, 6) is -1.48. The number of halogens is 3. The van der Waals surface area contributed by atoms with Gasteiger partial charge in [0.15, 0.2) is 5.75 Å². The molecule has 0 aliphatic heterocycles. The van der Waals surface area contributed by atoms with Crippen molar-refractivity contribution in [1.29, 1.82) is 0 Å². The van der Waals surface area contributed by atoms with Crippen LogP contribution in [-0.4, -0.2) is 28.7 Å². The highest BCUT2D eigenvalue weighted by Crippen LogP contribution is 2.70. The van der Waals surface area contributed by atoms with Gasteiger partial charge >= 0.3 is 6.18 Å². The third-order valence-electron chi connectivity index (χ3n) is 4.28. The van der Waals surface area contributed by atoms with Gasteiger partial charge in [-0.25, -0.2) is 3.63 Å². The Hall–Kier alpha value is -2.27. The molecule has 0 aromatic heterocycles. The van der Waals surface area contributed by atoms with Gasteiger partial charge in [-0.1, -0.05) is 36.4 Å². The van der Waals surface area contributed by atoms with Gasteiger partial charge in [-0.05, 0) is 78.5 Å². The van der Waals surface area contributed by atoms with E-state index in [-0.39, 0.29) is 0 Å². The lowest BCUT2D eigenvalue weighted by Gasteiger charge is -2.39. The summed E-state index contributed by atoms with van der Waals surface area (Å²) in [5.41, 5.74) is 0. The van der Waals surface area contributed by atoms with Gasteiger partial charge in [0.05, 0.1) is 0 Å². The number of alkyl halides is 3. The summed E-state index contributed by atoms with van der Waals surface area (Å²) < 4.78 is 76.2. The van der Waals surface area contributed by atoms with Crippen molar-refractivity contribution in [3.63, 3.8) is 0 Å². The minimum Gasteiger partial charge on any atom is -0.544 e. The first-order valence-electron chi connectivity index (χ1n) is 10.0. The maximum Gasteiger partial charge on any atom is 0.405 e. The summed E-state index contributed by atoms with van der Waals surface area (Å²) in [6.45, 7) is 6.08. The molecule has 3 aromatic carbocycles. The quantitative estimate of drug-likeness (QED) is 0.304. The van der Waals surface area contributed by atoms with Crippen LogP contribution in [-0.2, 0) is 13.7 Å². The number of rotatable bonds is 8. The van der Waals surface area contributed by atoms with E-state index in [1.54, 1.807) is 84.9 Å². The first-order chi connectivity index (χ1) is 15.3. The number of hydrogen-bond donors (Lipinski definition) is 0. The van der Waals surface area contributed by atoms with Gasteiger partial charge in [0.2, 0.25) is 8.32 Å². The molecule has 0 radical (unpaired) electrons. The van der Waals surface area contributed by atoms with E-state index < -0.39 is 40.7 Å². The fraction of sp³-hybridized carbons (Fsp3) is 0.217. The lowest BCUT2D eigenvalue weighted by Crippen LogP contribution is -2.29. The Labute approximate surface area is 195 Å². The second kappa shape index (κ2) is 9.53. The second-order valence-corrected chi connectivity index (χ2v) is 17.2. The Morgan fingerprint density at radius 1 is 0.727 bits per heavy atom. The standard InChI is InChI=1S/C23H25F3O4S2Si/c1-33(2,3)29-19-14-16-22(17-15-19)32(20-10-6-4-7-11-20,21-12-8-5-9-13-21)30-31(27,28)18-23(24,25)26/h4-17H,18H2,1-3H3. The van der Waals surface area contributed by atoms with E-state index in [4.69, 9.17) is 8.06 Å². The predicted molar refractivity (Wildman–Crippen MR) is 127 cm³/mol. The zero-order valence-corrected chi connectivity index (χ0v) is 21.0. The molecule has 0 bridgehead atoms. The van der Waals surface area contributed by atoms with E-state index in [1.807, 2.05) is 19.6 Å². The monoisotopic (exact) mass is 514 g/mol. The summed E-state index contributed by atoms with van der Waals surface area (Å²) in [4.78, 5) is 1.36. The van der Waals surface area contributed by atoms with Crippen LogP contribution in [0.5, 0.6) is 5.75 Å². The van der Waals surface area contributed by atoms with Crippen LogP contribution in [0.3, 0.4) is 0 Å². The van der Waals surface area contributed by atoms with Gasteiger partial charge in [-0.15, -0.1) is 0 Å². The first-order valence-corrected chi connectivity index (χ1v) is 16.6. The van der Waals surface area contributed by atoms with E-state index in [0.29, 0.717) is 20.4 Å². The second-order valence-electron chi connectivity index (χ2n) is 8.25. The first kappa shape index (κ1) is 25.4. The molecule has 0 unspecified atom stereocenters. The minimum absolute atomic E-state index is 0.438. The predicted octanol–water partition coefficient (Wildman–Crippen LogP) is 7.01. The highest BCUT2D eigenvalue weighted by molar-refractivity contribution is 8.33. The Bertz CT molecular complexity index is 1120. The SMILES string of the molecule is C[Si](C)(C)Oc1ccc(S(OS(=O)(=O)CC(F)(F)F)(c2ccccc2)c2ccccc2)cc1. The van der Waals surface area contributed by atoms with Crippen molar-refractivity contribution in [1.82, 2.24) is 0 Å². The maximum atomic E-state index is 13.1. The van der Waals surface area contributed by atoms with E-state index in [9.17, 15) is 21.6 Å². The third-order valence-corrected chi connectivity index (χ3v) is 10.3. The van der Waals surface area contributed by atoms with Crippen molar-refractivity contribution < 1.29 is 29.6 Å².